The minimum Gasteiger partial charge on any atom is -0.519 e. The number of halogens is 14. The largest absolute Gasteiger partial charge is 0.633 e. The van der Waals surface area contributed by atoms with Crippen LogP contribution in [-0.2, 0) is 0 Å². The lowest BCUT2D eigenvalue weighted by molar-refractivity contribution is 0.393. The molecule has 0 spiro atoms. The monoisotopic (exact) mass is 824 g/mol. The van der Waals surface area contributed by atoms with Crippen molar-refractivity contribution < 1.29 is 70.8 Å². The van der Waals surface area contributed by atoms with E-state index in [0.29, 0.717) is 0 Å². The van der Waals surface area contributed by atoms with Gasteiger partial charge in [0, 0.05) is 48.6 Å². The average molecular weight is 824 g/mol. The minimum atomic E-state index is -2.74. The standard InChI is InChI=1S/C42H11BF14O2/c44-18-10-6-12-4-8-15-23-20(12)25(18)31(48)33(50)27(23)35(52)39(56)41(15)58-43(17-3-1-2-14-22(17)30(47)38(55)37(54)29(14)46)59-42-16-9-5-13-7-11-19(45)26-21(13)24(16)28(34(51)32(26)49)36(53)40(42)57/h1-11H. The maximum atomic E-state index is 16.3. The molecule has 10 rings (SSSR count). The Bertz CT molecular complexity index is 3340. The normalized spacial score (nSPS) is 12.2. The van der Waals surface area contributed by atoms with E-state index in [1.54, 1.807) is 0 Å². The van der Waals surface area contributed by atoms with Gasteiger partial charge in [0.25, 0.3) is 0 Å². The predicted molar refractivity (Wildman–Crippen MR) is 190 cm³/mol. The Labute approximate surface area is 318 Å². The first-order chi connectivity index (χ1) is 28.1. The van der Waals surface area contributed by atoms with Gasteiger partial charge in [0.2, 0.25) is 0 Å². The fraction of sp³-hybridized carbons (Fsp3) is 0. The van der Waals surface area contributed by atoms with Crippen molar-refractivity contribution in [2.24, 2.45) is 0 Å². The first-order valence-corrected chi connectivity index (χ1v) is 17.0. The van der Waals surface area contributed by atoms with Crippen molar-refractivity contribution in [3.05, 3.63) is 148 Å². The van der Waals surface area contributed by atoms with Gasteiger partial charge in [-0.1, -0.05) is 42.5 Å². The number of benzene rings is 10. The molecule has 59 heavy (non-hydrogen) atoms. The third-order valence-corrected chi connectivity index (χ3v) is 10.6. The van der Waals surface area contributed by atoms with E-state index in [2.05, 4.69) is 0 Å². The molecule has 2 nitrogen and oxygen atoms in total. The molecular weight excluding hydrogens is 813 g/mol. The summed E-state index contributed by atoms with van der Waals surface area (Å²) in [7, 11) is -2.74. The molecule has 0 N–H and O–H groups in total. The quantitative estimate of drug-likeness (QED) is 0.0566. The Kier molecular flexibility index (Phi) is 7.66. The summed E-state index contributed by atoms with van der Waals surface area (Å²) >= 11 is 0. The summed E-state index contributed by atoms with van der Waals surface area (Å²) in [6.45, 7) is 0. The molecule has 0 bridgehead atoms. The van der Waals surface area contributed by atoms with Crippen molar-refractivity contribution in [3.63, 3.8) is 0 Å². The number of fused-ring (bicyclic) bond motifs is 1. The van der Waals surface area contributed by atoms with Crippen molar-refractivity contribution in [2.75, 3.05) is 0 Å². The van der Waals surface area contributed by atoms with Crippen molar-refractivity contribution >= 4 is 88.0 Å². The highest BCUT2D eigenvalue weighted by Crippen LogP contribution is 2.47. The van der Waals surface area contributed by atoms with Gasteiger partial charge in [-0.2, -0.15) is 8.78 Å². The molecule has 0 saturated heterocycles. The Morgan fingerprint density at radius 3 is 1.15 bits per heavy atom. The molecule has 0 aromatic heterocycles. The van der Waals surface area contributed by atoms with Crippen molar-refractivity contribution in [1.82, 2.24) is 0 Å². The van der Waals surface area contributed by atoms with Crippen molar-refractivity contribution in [1.29, 1.82) is 0 Å². The lowest BCUT2D eigenvalue weighted by atomic mass is 9.75. The molecule has 10 aromatic carbocycles. The van der Waals surface area contributed by atoms with Gasteiger partial charge < -0.3 is 9.31 Å². The van der Waals surface area contributed by atoms with Crippen LogP contribution in [0.15, 0.2) is 66.7 Å². The van der Waals surface area contributed by atoms with Crippen LogP contribution in [0.5, 0.6) is 11.5 Å². The van der Waals surface area contributed by atoms with Crippen LogP contribution in [0.4, 0.5) is 61.5 Å². The van der Waals surface area contributed by atoms with E-state index in [-0.39, 0.29) is 10.8 Å². The number of hydrogen-bond acceptors (Lipinski definition) is 2. The highest BCUT2D eigenvalue weighted by Gasteiger charge is 2.39. The van der Waals surface area contributed by atoms with Crippen LogP contribution >= 0.6 is 0 Å². The van der Waals surface area contributed by atoms with E-state index in [4.69, 9.17) is 9.31 Å². The maximum absolute atomic E-state index is 16.3. The zero-order chi connectivity index (χ0) is 41.7. The lowest BCUT2D eigenvalue weighted by Gasteiger charge is -2.24. The van der Waals surface area contributed by atoms with Crippen LogP contribution in [0.3, 0.4) is 0 Å². The molecule has 0 heterocycles. The molecule has 0 aliphatic heterocycles. The van der Waals surface area contributed by atoms with E-state index in [1.807, 2.05) is 0 Å². The van der Waals surface area contributed by atoms with E-state index >= 15 is 52.7 Å². The van der Waals surface area contributed by atoms with E-state index in [1.165, 1.54) is 0 Å². The summed E-state index contributed by atoms with van der Waals surface area (Å²) in [5.74, 6) is -30.4. The molecule has 10 aromatic rings. The average Bonchev–Trinajstić information content (AvgIpc) is 3.22. The van der Waals surface area contributed by atoms with Gasteiger partial charge >= 0.3 is 7.12 Å². The van der Waals surface area contributed by atoms with Gasteiger partial charge in [0.05, 0.1) is 21.5 Å². The van der Waals surface area contributed by atoms with Gasteiger partial charge in [-0.05, 0) is 35.0 Å². The minimum absolute atomic E-state index is 0.0158. The Morgan fingerprint density at radius 1 is 0.288 bits per heavy atom. The molecule has 17 heteroatoms. The Hall–Kier alpha value is -6.78. The highest BCUT2D eigenvalue weighted by molar-refractivity contribution is 6.66. The topological polar surface area (TPSA) is 18.5 Å². The van der Waals surface area contributed by atoms with Gasteiger partial charge in [-0.3, -0.25) is 0 Å². The third-order valence-electron chi connectivity index (χ3n) is 10.6. The fourth-order valence-corrected chi connectivity index (χ4v) is 8.05. The number of hydrogen-bond donors (Lipinski definition) is 0. The second kappa shape index (κ2) is 12.4. The van der Waals surface area contributed by atoms with Gasteiger partial charge in [0.15, 0.2) is 69.8 Å². The zero-order valence-electron chi connectivity index (χ0n) is 28.5. The molecule has 0 aliphatic rings. The lowest BCUT2D eigenvalue weighted by Crippen LogP contribution is -2.44. The van der Waals surface area contributed by atoms with Crippen LogP contribution < -0.4 is 14.8 Å². The molecule has 0 aliphatic carbocycles. The van der Waals surface area contributed by atoms with Gasteiger partial charge in [-0.15, -0.1) is 0 Å². The zero-order valence-corrected chi connectivity index (χ0v) is 28.5. The summed E-state index contributed by atoms with van der Waals surface area (Å²) < 4.78 is 228. The second-order valence-corrected chi connectivity index (χ2v) is 13.5. The third kappa shape index (κ3) is 4.66. The first-order valence-electron chi connectivity index (χ1n) is 17.0. The molecule has 0 atom stereocenters. The van der Waals surface area contributed by atoms with E-state index < -0.39 is 170 Å². The second-order valence-electron chi connectivity index (χ2n) is 13.5. The number of rotatable bonds is 5. The van der Waals surface area contributed by atoms with Crippen LogP contribution in [-0.4, -0.2) is 7.12 Å². The SMILES string of the molecule is Fc1c(F)c(F)c2c(B(Oc3c(F)c(F)c4c(F)c(F)c5c(F)ccc6ccc3c4c65)Oc3c(F)c(F)c4c(F)c(F)c5c(F)ccc6ccc3c4c65)cccc2c1F. The summed E-state index contributed by atoms with van der Waals surface area (Å²) in [6.07, 6.45) is 0. The van der Waals surface area contributed by atoms with Gasteiger partial charge in [-0.25, -0.2) is 52.7 Å². The van der Waals surface area contributed by atoms with Crippen LogP contribution in [0, 0.1) is 81.4 Å². The molecule has 0 saturated carbocycles. The Morgan fingerprint density at radius 2 is 0.678 bits per heavy atom. The van der Waals surface area contributed by atoms with Crippen molar-refractivity contribution in [3.8, 4) is 11.5 Å². The summed E-state index contributed by atoms with van der Waals surface area (Å²) in [4.78, 5) is 0. The molecule has 292 valence electrons. The molecule has 0 radical (unpaired) electrons. The van der Waals surface area contributed by atoms with Crippen molar-refractivity contribution in [2.45, 2.75) is 0 Å². The summed E-state index contributed by atoms with van der Waals surface area (Å²) in [6, 6.07) is 10.4. The predicted octanol–water partition coefficient (Wildman–Crippen LogP) is 12.4. The Balaban J connectivity index is 1.31. The fourth-order valence-electron chi connectivity index (χ4n) is 8.05. The van der Waals surface area contributed by atoms with Crippen LogP contribution in [0.1, 0.15) is 0 Å². The van der Waals surface area contributed by atoms with E-state index in [0.717, 1.165) is 66.7 Å². The smallest absolute Gasteiger partial charge is 0.519 e. The highest BCUT2D eigenvalue weighted by atomic mass is 19.2. The van der Waals surface area contributed by atoms with Gasteiger partial charge in [0.1, 0.15) is 23.1 Å². The maximum Gasteiger partial charge on any atom is 0.633 e. The summed E-state index contributed by atoms with van der Waals surface area (Å²) in [5, 5.41) is -10.5. The molecular formula is C42H11BF14O2. The molecule has 0 fully saturated rings. The molecule has 0 unspecified atom stereocenters. The van der Waals surface area contributed by atoms with E-state index in [9.17, 15) is 8.78 Å². The van der Waals surface area contributed by atoms with Crippen LogP contribution in [0.25, 0.3) is 75.4 Å². The van der Waals surface area contributed by atoms with Crippen LogP contribution in [0.2, 0.25) is 0 Å². The molecule has 0 amide bonds. The first kappa shape index (κ1) is 36.6. The summed E-state index contributed by atoms with van der Waals surface area (Å²) in [5.41, 5.74) is -0.944.